The highest BCUT2D eigenvalue weighted by Gasteiger charge is 2.55. The summed E-state index contributed by atoms with van der Waals surface area (Å²) in [5, 5.41) is 21.1. The Morgan fingerprint density at radius 2 is 2.04 bits per heavy atom. The van der Waals surface area contributed by atoms with E-state index in [0.29, 0.717) is 11.8 Å². The van der Waals surface area contributed by atoms with Gasteiger partial charge in [-0.1, -0.05) is 44.1 Å². The minimum absolute atomic E-state index is 0.0735. The summed E-state index contributed by atoms with van der Waals surface area (Å²) in [5.41, 5.74) is 0.315. The molecule has 0 aromatic heterocycles. The molecule has 2 fully saturated rings. The van der Waals surface area contributed by atoms with Gasteiger partial charge in [0, 0.05) is 18.4 Å². The van der Waals surface area contributed by atoms with E-state index in [4.69, 9.17) is 0 Å². The van der Waals surface area contributed by atoms with Gasteiger partial charge in [0.25, 0.3) is 5.91 Å². The van der Waals surface area contributed by atoms with Gasteiger partial charge in [0.05, 0.1) is 6.61 Å². The Morgan fingerprint density at radius 3 is 2.61 bits per heavy atom. The Kier molecular flexibility index (Phi) is 5.59. The molecule has 0 spiro atoms. The first kappa shape index (κ1) is 20.8. The van der Waals surface area contributed by atoms with E-state index >= 15 is 0 Å². The zero-order chi connectivity index (χ0) is 20.8. The number of allylic oxidation sites excluding steroid dienone is 5. The Labute approximate surface area is 167 Å². The summed E-state index contributed by atoms with van der Waals surface area (Å²) in [4.78, 5) is 27.0. The zero-order valence-corrected chi connectivity index (χ0v) is 17.6. The van der Waals surface area contributed by atoms with Crippen molar-refractivity contribution in [3.8, 4) is 0 Å². The predicted molar refractivity (Wildman–Crippen MR) is 108 cm³/mol. The Balaban J connectivity index is 2.20. The SMILES string of the molecule is C/C=C/[C@@H]1C(C)=C[C@@H]2CC[C@@H](C)C[C@@H]2[C@]1(C)C(O)=C1C(=O)C(CO)N(C)C1=O. The lowest BCUT2D eigenvalue weighted by atomic mass is 9.52. The third-order valence-electron chi connectivity index (χ3n) is 7.41. The molecule has 0 aromatic carbocycles. The van der Waals surface area contributed by atoms with Crippen LogP contribution in [0.4, 0.5) is 0 Å². The second-order valence-corrected chi connectivity index (χ2v) is 9.09. The molecular weight excluding hydrogens is 354 g/mol. The molecule has 6 atom stereocenters. The number of aliphatic hydroxyl groups excluding tert-OH is 2. The van der Waals surface area contributed by atoms with E-state index in [1.165, 1.54) is 17.5 Å². The fourth-order valence-electron chi connectivity index (χ4n) is 5.76. The average Bonchev–Trinajstić information content (AvgIpc) is 2.87. The van der Waals surface area contributed by atoms with Gasteiger partial charge in [-0.3, -0.25) is 9.59 Å². The number of carbonyl (C=O) groups excluding carboxylic acids is 2. The molecule has 1 saturated heterocycles. The van der Waals surface area contributed by atoms with E-state index in [1.807, 2.05) is 19.9 Å². The van der Waals surface area contributed by atoms with Crippen molar-refractivity contribution in [3.05, 3.63) is 35.1 Å². The van der Waals surface area contributed by atoms with Crippen LogP contribution in [0.5, 0.6) is 0 Å². The molecule has 0 aromatic rings. The van der Waals surface area contributed by atoms with E-state index in [1.54, 1.807) is 0 Å². The number of ketones is 1. The summed E-state index contributed by atoms with van der Waals surface area (Å²) < 4.78 is 0. The summed E-state index contributed by atoms with van der Waals surface area (Å²) in [5.74, 6) is -0.0915. The van der Waals surface area contributed by atoms with Gasteiger partial charge >= 0.3 is 0 Å². The maximum atomic E-state index is 12.9. The van der Waals surface area contributed by atoms with Crippen molar-refractivity contribution in [1.82, 2.24) is 4.90 Å². The number of hydrogen-bond acceptors (Lipinski definition) is 4. The highest BCUT2D eigenvalue weighted by atomic mass is 16.3. The molecule has 0 bridgehead atoms. The normalized spacial score (nSPS) is 40.7. The molecule has 2 N–H and O–H groups in total. The average molecular weight is 388 g/mol. The number of aliphatic hydroxyl groups is 2. The van der Waals surface area contributed by atoms with E-state index in [2.05, 4.69) is 26.0 Å². The molecular formula is C23H33NO4. The van der Waals surface area contributed by atoms with Crippen molar-refractivity contribution in [2.75, 3.05) is 13.7 Å². The Morgan fingerprint density at radius 1 is 1.36 bits per heavy atom. The number of likely N-dealkylation sites (tertiary alicyclic amines) is 1. The third kappa shape index (κ3) is 2.95. The lowest BCUT2D eigenvalue weighted by Crippen LogP contribution is -2.47. The maximum absolute atomic E-state index is 12.9. The molecule has 0 radical (unpaired) electrons. The number of rotatable bonds is 3. The highest BCUT2D eigenvalue weighted by molar-refractivity contribution is 6.26. The number of Topliss-reactive ketones (excluding diaryl/α,β-unsaturated/α-hetero) is 1. The quantitative estimate of drug-likeness (QED) is 0.337. The van der Waals surface area contributed by atoms with E-state index < -0.39 is 29.8 Å². The van der Waals surface area contributed by atoms with Crippen LogP contribution in [0.3, 0.4) is 0 Å². The van der Waals surface area contributed by atoms with E-state index in [0.717, 1.165) is 19.3 Å². The van der Waals surface area contributed by atoms with Crippen LogP contribution in [0, 0.1) is 29.1 Å². The lowest BCUT2D eigenvalue weighted by Gasteiger charge is -2.52. The minimum atomic E-state index is -0.908. The molecule has 5 nitrogen and oxygen atoms in total. The van der Waals surface area contributed by atoms with Crippen LogP contribution < -0.4 is 0 Å². The summed E-state index contributed by atoms with van der Waals surface area (Å²) in [6.45, 7) is 7.84. The summed E-state index contributed by atoms with van der Waals surface area (Å²) in [7, 11) is 1.50. The zero-order valence-electron chi connectivity index (χ0n) is 17.6. The van der Waals surface area contributed by atoms with Crippen molar-refractivity contribution in [2.24, 2.45) is 29.1 Å². The molecule has 1 amide bonds. The maximum Gasteiger partial charge on any atom is 0.261 e. The van der Waals surface area contributed by atoms with Gasteiger partial charge in [-0.2, -0.15) is 0 Å². The second-order valence-electron chi connectivity index (χ2n) is 9.09. The van der Waals surface area contributed by atoms with Crippen LogP contribution in [-0.2, 0) is 9.59 Å². The van der Waals surface area contributed by atoms with E-state index in [-0.39, 0.29) is 23.2 Å². The van der Waals surface area contributed by atoms with Crippen molar-refractivity contribution in [2.45, 2.75) is 53.0 Å². The summed E-state index contributed by atoms with van der Waals surface area (Å²) >= 11 is 0. The molecule has 1 saturated carbocycles. The number of carbonyl (C=O) groups is 2. The van der Waals surface area contributed by atoms with Crippen LogP contribution in [-0.4, -0.2) is 46.5 Å². The van der Waals surface area contributed by atoms with Crippen molar-refractivity contribution in [3.63, 3.8) is 0 Å². The first-order valence-electron chi connectivity index (χ1n) is 10.3. The molecule has 1 unspecified atom stereocenters. The molecule has 3 aliphatic rings. The number of fused-ring (bicyclic) bond motifs is 1. The summed E-state index contributed by atoms with van der Waals surface area (Å²) in [6.07, 6.45) is 9.56. The van der Waals surface area contributed by atoms with Crippen LogP contribution in [0.1, 0.15) is 47.0 Å². The minimum Gasteiger partial charge on any atom is -0.511 e. The molecule has 1 heterocycles. The van der Waals surface area contributed by atoms with Gasteiger partial charge in [-0.15, -0.1) is 0 Å². The van der Waals surface area contributed by atoms with E-state index in [9.17, 15) is 19.8 Å². The van der Waals surface area contributed by atoms with Gasteiger partial charge < -0.3 is 15.1 Å². The number of amides is 1. The van der Waals surface area contributed by atoms with Gasteiger partial charge in [-0.25, -0.2) is 0 Å². The van der Waals surface area contributed by atoms with Gasteiger partial charge in [0.15, 0.2) is 5.78 Å². The van der Waals surface area contributed by atoms with Crippen LogP contribution in [0.25, 0.3) is 0 Å². The molecule has 28 heavy (non-hydrogen) atoms. The summed E-state index contributed by atoms with van der Waals surface area (Å²) in [6, 6.07) is -0.908. The predicted octanol–water partition coefficient (Wildman–Crippen LogP) is 3.41. The molecule has 1 aliphatic heterocycles. The second kappa shape index (κ2) is 7.51. The molecule has 5 heteroatoms. The first-order chi connectivity index (χ1) is 13.2. The van der Waals surface area contributed by atoms with Crippen LogP contribution in [0.15, 0.2) is 35.1 Å². The van der Waals surface area contributed by atoms with Gasteiger partial charge in [-0.05, 0) is 44.4 Å². The van der Waals surface area contributed by atoms with Crippen molar-refractivity contribution >= 4 is 11.7 Å². The monoisotopic (exact) mass is 387 g/mol. The van der Waals surface area contributed by atoms with Crippen LogP contribution >= 0.6 is 0 Å². The largest absolute Gasteiger partial charge is 0.511 e. The number of nitrogens with zero attached hydrogens (tertiary/aromatic N) is 1. The first-order valence-corrected chi connectivity index (χ1v) is 10.3. The molecule has 154 valence electrons. The van der Waals surface area contributed by atoms with Gasteiger partial charge in [0.2, 0.25) is 0 Å². The number of hydrogen-bond donors (Lipinski definition) is 2. The fraction of sp³-hybridized carbons (Fsp3) is 0.652. The standard InChI is InChI=1S/C23H33NO4/c1-6-7-16-14(3)11-15-9-8-13(2)10-17(15)23(16,4)21(27)19-20(26)18(12-25)24(5)22(19)28/h6-7,11,13,15-18,25,27H,8-10,12H2,1-5H3/b7-6+,21-19?/t13-,15+,16-,17+,18?,23-/m1/s1. The lowest BCUT2D eigenvalue weighted by molar-refractivity contribution is -0.126. The highest BCUT2D eigenvalue weighted by Crippen LogP contribution is 2.58. The third-order valence-corrected chi connectivity index (χ3v) is 7.41. The fourth-order valence-corrected chi connectivity index (χ4v) is 5.76. The smallest absolute Gasteiger partial charge is 0.261 e. The molecule has 3 rings (SSSR count). The van der Waals surface area contributed by atoms with Crippen LogP contribution in [0.2, 0.25) is 0 Å². The topological polar surface area (TPSA) is 77.8 Å². The molecule has 2 aliphatic carbocycles. The number of likely N-dealkylation sites (N-methyl/N-ethyl adjacent to an activating group) is 1. The van der Waals surface area contributed by atoms with Crippen molar-refractivity contribution < 1.29 is 19.8 Å². The Hall–Kier alpha value is -1.88. The Bertz CT molecular complexity index is 765. The van der Waals surface area contributed by atoms with Crippen molar-refractivity contribution in [1.29, 1.82) is 0 Å². The van der Waals surface area contributed by atoms with Gasteiger partial charge in [0.1, 0.15) is 17.4 Å².